The summed E-state index contributed by atoms with van der Waals surface area (Å²) >= 11 is 3.34. The number of hydrogen-bond acceptors (Lipinski definition) is 3. The van der Waals surface area contributed by atoms with E-state index in [1.807, 2.05) is 6.07 Å². The Hall–Kier alpha value is -2.91. The van der Waals surface area contributed by atoms with Gasteiger partial charge in [0.15, 0.2) is 0 Å². The minimum absolute atomic E-state index is 0.00558. The Labute approximate surface area is 153 Å². The standard InChI is InChI=1S/C19H14BrFN2O2/c1-2-9-25-18-8-7-15(20)11-13(18)10-14(12-22)19(24)23-17-6-4-3-5-16(17)21/h2-8,10-11H,1,9H2,(H,23,24)/b14-10+. The highest BCUT2D eigenvalue weighted by Gasteiger charge is 2.13. The molecule has 2 aromatic rings. The van der Waals surface area contributed by atoms with Gasteiger partial charge in [-0.15, -0.1) is 0 Å². The normalized spacial score (nSPS) is 10.7. The number of halogens is 2. The monoisotopic (exact) mass is 400 g/mol. The number of benzene rings is 2. The Morgan fingerprint density at radius 3 is 2.80 bits per heavy atom. The quantitative estimate of drug-likeness (QED) is 0.434. The molecule has 126 valence electrons. The lowest BCUT2D eigenvalue weighted by molar-refractivity contribution is -0.112. The third-order valence-corrected chi connectivity index (χ3v) is 3.61. The second-order valence-corrected chi connectivity index (χ2v) is 5.80. The number of anilines is 1. The van der Waals surface area contributed by atoms with Crippen LogP contribution < -0.4 is 10.1 Å². The Morgan fingerprint density at radius 2 is 2.12 bits per heavy atom. The van der Waals surface area contributed by atoms with Crippen molar-refractivity contribution >= 4 is 33.6 Å². The van der Waals surface area contributed by atoms with Crippen LogP contribution in [0.2, 0.25) is 0 Å². The van der Waals surface area contributed by atoms with E-state index in [4.69, 9.17) is 4.74 Å². The van der Waals surface area contributed by atoms with Gasteiger partial charge in [0.05, 0.1) is 5.69 Å². The molecule has 0 aromatic heterocycles. The number of amides is 1. The summed E-state index contributed by atoms with van der Waals surface area (Å²) in [5.74, 6) is -0.789. The van der Waals surface area contributed by atoms with Crippen molar-refractivity contribution in [3.8, 4) is 11.8 Å². The second-order valence-electron chi connectivity index (χ2n) is 4.89. The van der Waals surface area contributed by atoms with Gasteiger partial charge in [0.2, 0.25) is 0 Å². The van der Waals surface area contributed by atoms with Crippen molar-refractivity contribution in [2.75, 3.05) is 11.9 Å². The van der Waals surface area contributed by atoms with Crippen LogP contribution in [0.4, 0.5) is 10.1 Å². The molecule has 0 spiro atoms. The molecule has 1 N–H and O–H groups in total. The van der Waals surface area contributed by atoms with Crippen LogP contribution in [0, 0.1) is 17.1 Å². The van der Waals surface area contributed by atoms with Gasteiger partial charge in [-0.1, -0.05) is 40.7 Å². The zero-order valence-electron chi connectivity index (χ0n) is 13.1. The molecule has 0 fully saturated rings. The van der Waals surface area contributed by atoms with E-state index >= 15 is 0 Å². The molecule has 1 amide bonds. The maximum absolute atomic E-state index is 13.6. The molecule has 0 aliphatic heterocycles. The predicted molar refractivity (Wildman–Crippen MR) is 98.5 cm³/mol. The largest absolute Gasteiger partial charge is 0.489 e. The Morgan fingerprint density at radius 1 is 1.36 bits per heavy atom. The van der Waals surface area contributed by atoms with Crippen molar-refractivity contribution in [1.29, 1.82) is 5.26 Å². The molecule has 0 heterocycles. The van der Waals surface area contributed by atoms with Gasteiger partial charge in [0.25, 0.3) is 5.91 Å². The topological polar surface area (TPSA) is 62.1 Å². The summed E-state index contributed by atoms with van der Waals surface area (Å²) in [5.41, 5.74) is 0.368. The third-order valence-electron chi connectivity index (χ3n) is 3.12. The van der Waals surface area contributed by atoms with E-state index < -0.39 is 11.7 Å². The molecule has 0 bridgehead atoms. The first-order valence-electron chi connectivity index (χ1n) is 7.26. The Kier molecular flexibility index (Phi) is 6.49. The van der Waals surface area contributed by atoms with Crippen LogP contribution in [0.15, 0.2) is 65.2 Å². The zero-order valence-corrected chi connectivity index (χ0v) is 14.7. The Bertz CT molecular complexity index is 872. The summed E-state index contributed by atoms with van der Waals surface area (Å²) in [6.45, 7) is 3.87. The van der Waals surface area contributed by atoms with Gasteiger partial charge in [-0.3, -0.25) is 4.79 Å². The van der Waals surface area contributed by atoms with Gasteiger partial charge in [-0.25, -0.2) is 4.39 Å². The van der Waals surface area contributed by atoms with Crippen LogP contribution in [0.5, 0.6) is 5.75 Å². The second kappa shape index (κ2) is 8.81. The number of carbonyl (C=O) groups is 1. The van der Waals surface area contributed by atoms with Gasteiger partial charge >= 0.3 is 0 Å². The molecule has 0 saturated carbocycles. The SMILES string of the molecule is C=CCOc1ccc(Br)cc1/C=C(\C#N)C(=O)Nc1ccccc1F. The first-order chi connectivity index (χ1) is 12.0. The number of nitrogens with one attached hydrogen (secondary N) is 1. The molecule has 0 saturated heterocycles. The molecular formula is C19H14BrFN2O2. The van der Waals surface area contributed by atoms with Crippen LogP contribution in [0.25, 0.3) is 6.08 Å². The summed E-state index contributed by atoms with van der Waals surface area (Å²) in [7, 11) is 0. The molecule has 0 atom stereocenters. The molecule has 2 rings (SSSR count). The fourth-order valence-electron chi connectivity index (χ4n) is 1.97. The number of nitriles is 1. The maximum atomic E-state index is 13.6. The summed E-state index contributed by atoms with van der Waals surface area (Å²) in [4.78, 5) is 12.3. The summed E-state index contributed by atoms with van der Waals surface area (Å²) in [6.07, 6.45) is 2.98. The molecule has 0 aliphatic carbocycles. The van der Waals surface area contributed by atoms with Crippen LogP contribution in [-0.2, 0) is 4.79 Å². The van der Waals surface area contributed by atoms with Gasteiger partial charge in [0.1, 0.15) is 29.8 Å². The number of hydrogen-bond donors (Lipinski definition) is 1. The van der Waals surface area contributed by atoms with Crippen LogP contribution in [-0.4, -0.2) is 12.5 Å². The highest BCUT2D eigenvalue weighted by molar-refractivity contribution is 9.10. The lowest BCUT2D eigenvalue weighted by Gasteiger charge is -2.09. The highest BCUT2D eigenvalue weighted by atomic mass is 79.9. The van der Waals surface area contributed by atoms with Crippen LogP contribution in [0.3, 0.4) is 0 Å². The number of nitrogens with zero attached hydrogens (tertiary/aromatic N) is 1. The summed E-state index contributed by atoms with van der Waals surface area (Å²) in [6, 6.07) is 12.8. The minimum atomic E-state index is -0.706. The van der Waals surface area contributed by atoms with Crippen LogP contribution in [0.1, 0.15) is 5.56 Å². The van der Waals surface area contributed by atoms with E-state index in [9.17, 15) is 14.4 Å². The van der Waals surface area contributed by atoms with Gasteiger partial charge < -0.3 is 10.1 Å². The minimum Gasteiger partial charge on any atom is -0.489 e. The highest BCUT2D eigenvalue weighted by Crippen LogP contribution is 2.26. The van der Waals surface area contributed by atoms with Crippen molar-refractivity contribution in [3.63, 3.8) is 0 Å². The van der Waals surface area contributed by atoms with Crippen molar-refractivity contribution in [2.45, 2.75) is 0 Å². The van der Waals surface area contributed by atoms with E-state index in [2.05, 4.69) is 27.8 Å². The average Bonchev–Trinajstić information content (AvgIpc) is 2.60. The van der Waals surface area contributed by atoms with Crippen molar-refractivity contribution < 1.29 is 13.9 Å². The van der Waals surface area contributed by atoms with E-state index in [0.717, 1.165) is 4.47 Å². The van der Waals surface area contributed by atoms with E-state index in [0.29, 0.717) is 11.3 Å². The molecule has 2 aromatic carbocycles. The first-order valence-corrected chi connectivity index (χ1v) is 8.05. The van der Waals surface area contributed by atoms with Crippen molar-refractivity contribution in [3.05, 3.63) is 76.5 Å². The smallest absolute Gasteiger partial charge is 0.266 e. The molecule has 4 nitrogen and oxygen atoms in total. The lowest BCUT2D eigenvalue weighted by Crippen LogP contribution is -2.14. The maximum Gasteiger partial charge on any atom is 0.266 e. The van der Waals surface area contributed by atoms with Gasteiger partial charge in [0, 0.05) is 10.0 Å². The average molecular weight is 401 g/mol. The van der Waals surface area contributed by atoms with Crippen LogP contribution >= 0.6 is 15.9 Å². The summed E-state index contributed by atoms with van der Waals surface area (Å²) in [5, 5.41) is 11.7. The molecule has 6 heteroatoms. The fraction of sp³-hybridized carbons (Fsp3) is 0.0526. The van der Waals surface area contributed by atoms with Crippen molar-refractivity contribution in [2.24, 2.45) is 0 Å². The number of ether oxygens (including phenoxy) is 1. The number of para-hydroxylation sites is 1. The van der Waals surface area contributed by atoms with Crippen molar-refractivity contribution in [1.82, 2.24) is 0 Å². The summed E-state index contributed by atoms with van der Waals surface area (Å²) < 4.78 is 19.9. The Balaban J connectivity index is 2.32. The first kappa shape index (κ1) is 18.4. The van der Waals surface area contributed by atoms with Gasteiger partial charge in [-0.05, 0) is 36.4 Å². The third kappa shape index (κ3) is 5.03. The lowest BCUT2D eigenvalue weighted by atomic mass is 10.1. The molecule has 0 radical (unpaired) electrons. The predicted octanol–water partition coefficient (Wildman–Crippen LogP) is 4.70. The molecular weight excluding hydrogens is 387 g/mol. The fourth-order valence-corrected chi connectivity index (χ4v) is 2.35. The van der Waals surface area contributed by atoms with Gasteiger partial charge in [-0.2, -0.15) is 5.26 Å². The molecule has 25 heavy (non-hydrogen) atoms. The number of carbonyl (C=O) groups excluding carboxylic acids is 1. The zero-order chi connectivity index (χ0) is 18.2. The van der Waals surface area contributed by atoms with E-state index in [-0.39, 0.29) is 17.9 Å². The number of rotatable bonds is 6. The molecule has 0 unspecified atom stereocenters. The van der Waals surface area contributed by atoms with E-state index in [1.165, 1.54) is 24.3 Å². The van der Waals surface area contributed by atoms with E-state index in [1.54, 1.807) is 30.3 Å². The molecule has 0 aliphatic rings.